The van der Waals surface area contributed by atoms with Gasteiger partial charge in [0.15, 0.2) is 0 Å². The number of aromatic nitrogens is 1. The van der Waals surface area contributed by atoms with E-state index in [-0.39, 0.29) is 5.91 Å². The van der Waals surface area contributed by atoms with E-state index in [4.69, 9.17) is 4.42 Å². The summed E-state index contributed by atoms with van der Waals surface area (Å²) >= 11 is 0. The van der Waals surface area contributed by atoms with Crippen LogP contribution in [0, 0.1) is 0 Å². The van der Waals surface area contributed by atoms with Gasteiger partial charge in [0.05, 0.1) is 12.7 Å². The fourth-order valence-corrected chi connectivity index (χ4v) is 2.41. The zero-order valence-corrected chi connectivity index (χ0v) is 11.4. The van der Waals surface area contributed by atoms with E-state index in [9.17, 15) is 4.79 Å². The average molecular weight is 265 g/mol. The maximum Gasteiger partial charge on any atom is 0.220 e. The summed E-state index contributed by atoms with van der Waals surface area (Å²) < 4.78 is 5.06. The second-order valence-electron chi connectivity index (χ2n) is 5.06. The van der Waals surface area contributed by atoms with Gasteiger partial charge in [-0.25, -0.2) is 4.98 Å². The van der Waals surface area contributed by atoms with Gasteiger partial charge in [0.25, 0.3) is 0 Å². The standard InChI is InChI=1S/C14H23N3O2/c18-13(16-12-14-15-7-11-19-14)6-2-5-10-17-8-3-1-4-9-17/h7,11H,1-6,8-10,12H2,(H,16,18). The number of amides is 1. The Bertz CT molecular complexity index is 359. The number of piperidine rings is 1. The van der Waals surface area contributed by atoms with E-state index < -0.39 is 0 Å². The number of nitrogens with zero attached hydrogens (tertiary/aromatic N) is 2. The van der Waals surface area contributed by atoms with Gasteiger partial charge in [-0.15, -0.1) is 0 Å². The minimum absolute atomic E-state index is 0.0804. The van der Waals surface area contributed by atoms with Crippen LogP contribution in [-0.2, 0) is 11.3 Å². The Morgan fingerprint density at radius 2 is 2.16 bits per heavy atom. The first-order chi connectivity index (χ1) is 9.34. The molecule has 2 heterocycles. The van der Waals surface area contributed by atoms with Crippen molar-refractivity contribution in [1.82, 2.24) is 15.2 Å². The molecule has 0 atom stereocenters. The number of rotatable bonds is 7. The average Bonchev–Trinajstić information content (AvgIpc) is 2.96. The smallest absolute Gasteiger partial charge is 0.220 e. The fourth-order valence-electron chi connectivity index (χ4n) is 2.41. The molecule has 0 bridgehead atoms. The van der Waals surface area contributed by atoms with Gasteiger partial charge in [0.1, 0.15) is 6.26 Å². The molecule has 5 heteroatoms. The number of unbranched alkanes of at least 4 members (excludes halogenated alkanes) is 1. The van der Waals surface area contributed by atoms with E-state index >= 15 is 0 Å². The Morgan fingerprint density at radius 1 is 1.32 bits per heavy atom. The summed E-state index contributed by atoms with van der Waals surface area (Å²) in [6.07, 6.45) is 9.78. The van der Waals surface area contributed by atoms with Gasteiger partial charge in [-0.1, -0.05) is 6.42 Å². The highest BCUT2D eigenvalue weighted by Gasteiger charge is 2.09. The zero-order chi connectivity index (χ0) is 13.3. The number of likely N-dealkylation sites (tertiary alicyclic amines) is 1. The van der Waals surface area contributed by atoms with Crippen molar-refractivity contribution in [2.45, 2.75) is 45.1 Å². The highest BCUT2D eigenvalue weighted by molar-refractivity contribution is 5.75. The van der Waals surface area contributed by atoms with Crippen LogP contribution in [0.15, 0.2) is 16.9 Å². The van der Waals surface area contributed by atoms with Gasteiger partial charge >= 0.3 is 0 Å². The third-order valence-electron chi connectivity index (χ3n) is 3.50. The first-order valence-electron chi connectivity index (χ1n) is 7.22. The molecule has 1 aromatic rings. The zero-order valence-electron chi connectivity index (χ0n) is 11.4. The van der Waals surface area contributed by atoms with Gasteiger partial charge < -0.3 is 14.6 Å². The van der Waals surface area contributed by atoms with Crippen molar-refractivity contribution in [3.63, 3.8) is 0 Å². The highest BCUT2D eigenvalue weighted by Crippen LogP contribution is 2.09. The minimum Gasteiger partial charge on any atom is -0.447 e. The number of carbonyl (C=O) groups excluding carboxylic acids is 1. The lowest BCUT2D eigenvalue weighted by molar-refractivity contribution is -0.121. The summed E-state index contributed by atoms with van der Waals surface area (Å²) in [6, 6.07) is 0. The molecule has 1 aliphatic heterocycles. The van der Waals surface area contributed by atoms with Crippen molar-refractivity contribution in [3.8, 4) is 0 Å². The molecule has 0 aliphatic carbocycles. The lowest BCUT2D eigenvalue weighted by atomic mass is 10.1. The summed E-state index contributed by atoms with van der Waals surface area (Å²) in [5, 5.41) is 2.81. The van der Waals surface area contributed by atoms with Crippen LogP contribution in [0.25, 0.3) is 0 Å². The molecule has 1 fully saturated rings. The van der Waals surface area contributed by atoms with Gasteiger partial charge in [-0.3, -0.25) is 4.79 Å². The lowest BCUT2D eigenvalue weighted by Crippen LogP contribution is -2.30. The van der Waals surface area contributed by atoms with Crippen molar-refractivity contribution in [2.24, 2.45) is 0 Å². The van der Waals surface area contributed by atoms with Crippen LogP contribution in [-0.4, -0.2) is 35.4 Å². The van der Waals surface area contributed by atoms with Crippen LogP contribution >= 0.6 is 0 Å². The molecule has 1 aromatic heterocycles. The molecule has 1 saturated heterocycles. The molecule has 5 nitrogen and oxygen atoms in total. The highest BCUT2D eigenvalue weighted by atomic mass is 16.3. The quantitative estimate of drug-likeness (QED) is 0.766. The van der Waals surface area contributed by atoms with Gasteiger partial charge in [0, 0.05) is 6.42 Å². The predicted molar refractivity (Wildman–Crippen MR) is 72.5 cm³/mol. The number of oxazole rings is 1. The van der Waals surface area contributed by atoms with Crippen LogP contribution in [0.2, 0.25) is 0 Å². The van der Waals surface area contributed by atoms with E-state index in [1.807, 2.05) is 0 Å². The van der Waals surface area contributed by atoms with Gasteiger partial charge in [-0.2, -0.15) is 0 Å². The Hall–Kier alpha value is -1.36. The van der Waals surface area contributed by atoms with Gasteiger partial charge in [0.2, 0.25) is 11.8 Å². The number of hydrogen-bond acceptors (Lipinski definition) is 4. The van der Waals surface area contributed by atoms with Crippen molar-refractivity contribution in [3.05, 3.63) is 18.4 Å². The first kappa shape index (κ1) is 14.1. The Kier molecular flexibility index (Phi) is 5.88. The molecule has 0 radical (unpaired) electrons. The fraction of sp³-hybridized carbons (Fsp3) is 0.714. The summed E-state index contributed by atoms with van der Waals surface area (Å²) in [6.45, 7) is 3.98. The molecule has 0 unspecified atom stereocenters. The number of carbonyl (C=O) groups is 1. The van der Waals surface area contributed by atoms with Crippen molar-refractivity contribution in [1.29, 1.82) is 0 Å². The van der Waals surface area contributed by atoms with E-state index in [1.165, 1.54) is 38.6 Å². The first-order valence-corrected chi connectivity index (χ1v) is 7.22. The summed E-state index contributed by atoms with van der Waals surface area (Å²) in [4.78, 5) is 18.1. The monoisotopic (exact) mass is 265 g/mol. The molecule has 0 saturated carbocycles. The van der Waals surface area contributed by atoms with E-state index in [1.54, 1.807) is 6.20 Å². The predicted octanol–water partition coefficient (Wildman–Crippen LogP) is 1.95. The Labute approximate surface area is 114 Å². The minimum atomic E-state index is 0.0804. The third-order valence-corrected chi connectivity index (χ3v) is 3.50. The summed E-state index contributed by atoms with van der Waals surface area (Å²) in [5.41, 5.74) is 0. The van der Waals surface area contributed by atoms with Crippen LogP contribution in [0.5, 0.6) is 0 Å². The van der Waals surface area contributed by atoms with Crippen molar-refractivity contribution in [2.75, 3.05) is 19.6 Å². The third kappa shape index (κ3) is 5.42. The number of hydrogen-bond donors (Lipinski definition) is 1. The molecule has 1 N–H and O–H groups in total. The molecule has 1 aliphatic rings. The molecule has 19 heavy (non-hydrogen) atoms. The molecule has 106 valence electrons. The van der Waals surface area contributed by atoms with E-state index in [0.717, 1.165) is 19.4 Å². The summed E-state index contributed by atoms with van der Waals surface area (Å²) in [5.74, 6) is 0.638. The molecular formula is C14H23N3O2. The van der Waals surface area contributed by atoms with Crippen LogP contribution < -0.4 is 5.32 Å². The molecule has 2 rings (SSSR count). The van der Waals surface area contributed by atoms with Crippen molar-refractivity contribution < 1.29 is 9.21 Å². The number of nitrogens with one attached hydrogen (secondary N) is 1. The van der Waals surface area contributed by atoms with E-state index in [2.05, 4.69) is 15.2 Å². The molecular weight excluding hydrogens is 242 g/mol. The van der Waals surface area contributed by atoms with E-state index in [0.29, 0.717) is 18.9 Å². The van der Waals surface area contributed by atoms with Crippen LogP contribution in [0.3, 0.4) is 0 Å². The largest absolute Gasteiger partial charge is 0.447 e. The van der Waals surface area contributed by atoms with Crippen LogP contribution in [0.1, 0.15) is 44.4 Å². The van der Waals surface area contributed by atoms with Crippen molar-refractivity contribution >= 4 is 5.91 Å². The van der Waals surface area contributed by atoms with Crippen LogP contribution in [0.4, 0.5) is 0 Å². The maximum absolute atomic E-state index is 11.6. The molecule has 0 spiro atoms. The lowest BCUT2D eigenvalue weighted by Gasteiger charge is -2.26. The SMILES string of the molecule is O=C(CCCCN1CCCCC1)NCc1ncco1. The second-order valence-corrected chi connectivity index (χ2v) is 5.06. The second kappa shape index (κ2) is 7.94. The topological polar surface area (TPSA) is 58.4 Å². The Balaban J connectivity index is 1.49. The van der Waals surface area contributed by atoms with Gasteiger partial charge in [-0.05, 0) is 45.3 Å². The molecule has 0 aromatic carbocycles. The maximum atomic E-state index is 11.6. The summed E-state index contributed by atoms with van der Waals surface area (Å²) in [7, 11) is 0. The Morgan fingerprint density at radius 3 is 2.89 bits per heavy atom. The normalized spacial score (nSPS) is 16.4. The molecule has 1 amide bonds.